The van der Waals surface area contributed by atoms with Gasteiger partial charge in [0, 0.05) is 31.8 Å². The number of halogens is 1. The molecule has 2 aromatic carbocycles. The van der Waals surface area contributed by atoms with Gasteiger partial charge in [0.25, 0.3) is 5.91 Å². The number of nitrogens with zero attached hydrogens (tertiary/aromatic N) is 2. The first-order valence-corrected chi connectivity index (χ1v) is 9.00. The number of carbonyl (C=O) groups is 2. The number of benzene rings is 2. The van der Waals surface area contributed by atoms with Crippen molar-refractivity contribution in [3.05, 3.63) is 59.9 Å². The van der Waals surface area contributed by atoms with E-state index in [2.05, 4.69) is 0 Å². The molecule has 1 aliphatic rings. The molecule has 0 aromatic heterocycles. The number of hydrogen-bond acceptors (Lipinski definition) is 3. The number of hydrogen-bond donors (Lipinski definition) is 0. The van der Waals surface area contributed by atoms with Gasteiger partial charge in [0.1, 0.15) is 11.6 Å². The van der Waals surface area contributed by atoms with E-state index in [4.69, 9.17) is 4.74 Å². The number of amides is 2. The Morgan fingerprint density at radius 2 is 2.00 bits per heavy atom. The molecule has 0 spiro atoms. The highest BCUT2D eigenvalue weighted by Crippen LogP contribution is 2.25. The number of carbonyl (C=O) groups excluding carboxylic acids is 2. The molecule has 5 nitrogen and oxygen atoms in total. The summed E-state index contributed by atoms with van der Waals surface area (Å²) < 4.78 is 18.7. The van der Waals surface area contributed by atoms with Crippen molar-refractivity contribution in [2.75, 3.05) is 25.1 Å². The summed E-state index contributed by atoms with van der Waals surface area (Å²) in [5.41, 5.74) is 1.64. The van der Waals surface area contributed by atoms with Crippen LogP contribution < -0.4 is 9.64 Å². The Balaban J connectivity index is 1.60. The number of anilines is 1. The van der Waals surface area contributed by atoms with E-state index < -0.39 is 0 Å². The van der Waals surface area contributed by atoms with Gasteiger partial charge in [-0.3, -0.25) is 9.59 Å². The molecule has 2 amide bonds. The summed E-state index contributed by atoms with van der Waals surface area (Å²) in [6.07, 6.45) is 1.42. The summed E-state index contributed by atoms with van der Waals surface area (Å²) in [5.74, 6) is 0.161. The molecule has 0 aliphatic carbocycles. The highest BCUT2D eigenvalue weighted by atomic mass is 19.1. The molecule has 0 N–H and O–H groups in total. The van der Waals surface area contributed by atoms with Gasteiger partial charge >= 0.3 is 0 Å². The van der Waals surface area contributed by atoms with Crippen molar-refractivity contribution in [2.24, 2.45) is 0 Å². The van der Waals surface area contributed by atoms with Crippen LogP contribution in [0.5, 0.6) is 5.75 Å². The SMILES string of the molecule is CC(c1ccc(F)cc1)N(C)C(=O)COc1cccc(N2CCCC2=O)c1. The molecule has 27 heavy (non-hydrogen) atoms. The van der Waals surface area contributed by atoms with Gasteiger partial charge in [0.15, 0.2) is 6.61 Å². The minimum absolute atomic E-state index is 0.107. The maximum atomic E-state index is 13.1. The van der Waals surface area contributed by atoms with Gasteiger partial charge < -0.3 is 14.5 Å². The minimum atomic E-state index is -0.306. The van der Waals surface area contributed by atoms with Gasteiger partial charge in [-0.15, -0.1) is 0 Å². The summed E-state index contributed by atoms with van der Waals surface area (Å²) in [4.78, 5) is 27.6. The Morgan fingerprint density at radius 3 is 2.67 bits per heavy atom. The van der Waals surface area contributed by atoms with E-state index in [0.29, 0.717) is 18.7 Å². The molecule has 6 heteroatoms. The van der Waals surface area contributed by atoms with Gasteiger partial charge in [-0.2, -0.15) is 0 Å². The normalized spacial score (nSPS) is 14.9. The number of rotatable bonds is 6. The molecule has 1 heterocycles. The van der Waals surface area contributed by atoms with Crippen molar-refractivity contribution in [1.82, 2.24) is 4.90 Å². The molecule has 0 bridgehead atoms. The van der Waals surface area contributed by atoms with Crippen molar-refractivity contribution in [3.63, 3.8) is 0 Å². The van der Waals surface area contributed by atoms with Gasteiger partial charge in [-0.05, 0) is 43.2 Å². The fourth-order valence-electron chi connectivity index (χ4n) is 3.09. The zero-order valence-corrected chi connectivity index (χ0v) is 15.5. The lowest BCUT2D eigenvalue weighted by Gasteiger charge is -2.25. The summed E-state index contributed by atoms with van der Waals surface area (Å²) in [5, 5.41) is 0. The molecule has 142 valence electrons. The van der Waals surface area contributed by atoms with Crippen LogP contribution in [0.3, 0.4) is 0 Å². The Morgan fingerprint density at radius 1 is 1.26 bits per heavy atom. The van der Waals surface area contributed by atoms with E-state index in [1.54, 1.807) is 41.1 Å². The van der Waals surface area contributed by atoms with Crippen molar-refractivity contribution in [3.8, 4) is 5.75 Å². The summed E-state index contributed by atoms with van der Waals surface area (Å²) in [6.45, 7) is 2.48. The molecular weight excluding hydrogens is 347 g/mol. The van der Waals surface area contributed by atoms with Crippen LogP contribution in [-0.2, 0) is 9.59 Å². The van der Waals surface area contributed by atoms with Crippen LogP contribution in [0, 0.1) is 5.82 Å². The van der Waals surface area contributed by atoms with Crippen molar-refractivity contribution in [1.29, 1.82) is 0 Å². The first kappa shape index (κ1) is 18.9. The molecule has 1 fully saturated rings. The van der Waals surface area contributed by atoms with Gasteiger partial charge in [0.2, 0.25) is 5.91 Å². The average molecular weight is 370 g/mol. The highest BCUT2D eigenvalue weighted by molar-refractivity contribution is 5.95. The molecule has 1 unspecified atom stereocenters. The molecule has 1 atom stereocenters. The van der Waals surface area contributed by atoms with E-state index in [-0.39, 0.29) is 30.3 Å². The van der Waals surface area contributed by atoms with Gasteiger partial charge in [-0.1, -0.05) is 18.2 Å². The van der Waals surface area contributed by atoms with Crippen LogP contribution in [-0.4, -0.2) is 36.9 Å². The highest BCUT2D eigenvalue weighted by Gasteiger charge is 2.22. The Bertz CT molecular complexity index is 822. The smallest absolute Gasteiger partial charge is 0.260 e. The third-order valence-corrected chi connectivity index (χ3v) is 4.89. The van der Waals surface area contributed by atoms with Crippen LogP contribution in [0.1, 0.15) is 31.4 Å². The summed E-state index contributed by atoms with van der Waals surface area (Å²) in [6, 6.07) is 13.1. The maximum Gasteiger partial charge on any atom is 0.260 e. The van der Waals surface area contributed by atoms with Crippen LogP contribution in [0.2, 0.25) is 0 Å². The Hall–Kier alpha value is -2.89. The second-order valence-corrected chi connectivity index (χ2v) is 6.67. The molecule has 1 saturated heterocycles. The second kappa shape index (κ2) is 8.20. The first-order valence-electron chi connectivity index (χ1n) is 9.00. The van der Waals surface area contributed by atoms with Gasteiger partial charge in [0.05, 0.1) is 6.04 Å². The maximum absolute atomic E-state index is 13.1. The largest absolute Gasteiger partial charge is 0.484 e. The van der Waals surface area contributed by atoms with Gasteiger partial charge in [-0.25, -0.2) is 4.39 Å². The van der Waals surface area contributed by atoms with E-state index in [0.717, 1.165) is 17.7 Å². The first-order chi connectivity index (χ1) is 13.0. The molecule has 0 radical (unpaired) electrons. The van der Waals surface area contributed by atoms with Crippen LogP contribution in [0.4, 0.5) is 10.1 Å². The predicted octanol–water partition coefficient (Wildman–Crippen LogP) is 3.55. The molecule has 0 saturated carbocycles. The average Bonchev–Trinajstić information content (AvgIpc) is 3.11. The standard InChI is InChI=1S/C21H23FN2O3/c1-15(16-8-10-17(22)11-9-16)23(2)21(26)14-27-19-6-3-5-18(13-19)24-12-4-7-20(24)25/h3,5-6,8-11,13,15H,4,7,12,14H2,1-2H3. The van der Waals surface area contributed by atoms with E-state index in [1.165, 1.54) is 12.1 Å². The van der Waals surface area contributed by atoms with E-state index in [9.17, 15) is 14.0 Å². The van der Waals surface area contributed by atoms with Crippen molar-refractivity contribution < 1.29 is 18.7 Å². The van der Waals surface area contributed by atoms with Crippen molar-refractivity contribution >= 4 is 17.5 Å². The fourth-order valence-corrected chi connectivity index (χ4v) is 3.09. The second-order valence-electron chi connectivity index (χ2n) is 6.67. The lowest BCUT2D eigenvalue weighted by Crippen LogP contribution is -2.33. The predicted molar refractivity (Wildman–Crippen MR) is 101 cm³/mol. The topological polar surface area (TPSA) is 49.9 Å². The number of ether oxygens (including phenoxy) is 1. The van der Waals surface area contributed by atoms with E-state index in [1.807, 2.05) is 19.1 Å². The molecular formula is C21H23FN2O3. The Labute approximate surface area is 158 Å². The minimum Gasteiger partial charge on any atom is -0.484 e. The third-order valence-electron chi connectivity index (χ3n) is 4.89. The fraction of sp³-hybridized carbons (Fsp3) is 0.333. The zero-order chi connectivity index (χ0) is 19.4. The molecule has 2 aromatic rings. The van der Waals surface area contributed by atoms with Crippen LogP contribution >= 0.6 is 0 Å². The summed E-state index contributed by atoms with van der Waals surface area (Å²) >= 11 is 0. The lowest BCUT2D eigenvalue weighted by molar-refractivity contribution is -0.134. The third kappa shape index (κ3) is 4.45. The monoisotopic (exact) mass is 370 g/mol. The van der Waals surface area contributed by atoms with Crippen LogP contribution in [0.15, 0.2) is 48.5 Å². The quantitative estimate of drug-likeness (QED) is 0.781. The number of likely N-dealkylation sites (N-methyl/N-ethyl adjacent to an activating group) is 1. The molecule has 1 aliphatic heterocycles. The lowest BCUT2D eigenvalue weighted by atomic mass is 10.1. The van der Waals surface area contributed by atoms with Crippen LogP contribution in [0.25, 0.3) is 0 Å². The molecule has 3 rings (SSSR count). The summed E-state index contributed by atoms with van der Waals surface area (Å²) in [7, 11) is 1.69. The van der Waals surface area contributed by atoms with Crippen molar-refractivity contribution in [2.45, 2.75) is 25.8 Å². The van der Waals surface area contributed by atoms with E-state index >= 15 is 0 Å². The zero-order valence-electron chi connectivity index (χ0n) is 15.5. The Kier molecular flexibility index (Phi) is 5.74.